The van der Waals surface area contributed by atoms with E-state index in [1.165, 1.54) is 17.7 Å². The third-order valence-electron chi connectivity index (χ3n) is 12.7. The fourth-order valence-corrected chi connectivity index (χ4v) is 8.91. The number of phenols is 1. The van der Waals surface area contributed by atoms with Gasteiger partial charge in [0.1, 0.15) is 18.1 Å². The second kappa shape index (κ2) is 20.5. The van der Waals surface area contributed by atoms with Crippen molar-refractivity contribution in [1.82, 2.24) is 20.1 Å². The molecule has 1 unspecified atom stereocenters. The van der Waals surface area contributed by atoms with Crippen molar-refractivity contribution in [2.45, 2.75) is 50.5 Å². The van der Waals surface area contributed by atoms with E-state index in [0.717, 1.165) is 50.9 Å². The van der Waals surface area contributed by atoms with Crippen LogP contribution in [-0.2, 0) is 28.3 Å². The Bertz CT molecular complexity index is 2570. The Balaban J connectivity index is 0.827. The number of aromatic amines is 1. The molecule has 332 valence electrons. The number of likely N-dealkylation sites (tertiary alicyclic amines) is 2. The number of esters is 1. The summed E-state index contributed by atoms with van der Waals surface area (Å²) in [6.45, 7) is 5.32. The second-order valence-corrected chi connectivity index (χ2v) is 17.1. The quantitative estimate of drug-likeness (QED) is 0.0664. The van der Waals surface area contributed by atoms with Gasteiger partial charge in [0.15, 0.2) is 0 Å². The summed E-state index contributed by atoms with van der Waals surface area (Å²) in [6, 6.07) is 39.7. The van der Waals surface area contributed by atoms with E-state index < -0.39 is 17.7 Å². The number of carbonyl (C=O) groups is 2. The summed E-state index contributed by atoms with van der Waals surface area (Å²) in [5.41, 5.74) is 1.92. The van der Waals surface area contributed by atoms with E-state index in [-0.39, 0.29) is 36.3 Å². The predicted octanol–water partition coefficient (Wildman–Crippen LogP) is 6.68. The first kappa shape index (κ1) is 44.3. The summed E-state index contributed by atoms with van der Waals surface area (Å²) in [4.78, 5) is 46.3. The molecule has 64 heavy (non-hydrogen) atoms. The molecule has 0 aliphatic carbocycles. The number of rotatable bonds is 16. The number of H-pyrrole nitrogens is 1. The molecule has 12 heteroatoms. The fourth-order valence-electron chi connectivity index (χ4n) is 8.91. The maximum Gasteiger partial charge on any atom is 0.347 e. The van der Waals surface area contributed by atoms with Crippen LogP contribution in [0.5, 0.6) is 11.5 Å². The first-order chi connectivity index (χ1) is 31.1. The average Bonchev–Trinajstić information content (AvgIpc) is 3.33. The Hall–Kier alpha value is -6.31. The lowest BCUT2D eigenvalue weighted by atomic mass is 9.86. The van der Waals surface area contributed by atoms with Crippen molar-refractivity contribution < 1.29 is 34.4 Å². The number of nitrogens with one attached hydrogen (secondary N) is 2. The number of nitrogens with zero attached hydrogens (tertiary/aromatic N) is 2. The number of ether oxygens (including phenoxy) is 2. The second-order valence-electron chi connectivity index (χ2n) is 17.1. The number of aromatic hydroxyl groups is 1. The highest BCUT2D eigenvalue weighted by Gasteiger charge is 2.42. The number of amides is 1. The zero-order valence-electron chi connectivity index (χ0n) is 35.9. The molecule has 1 aromatic heterocycles. The number of hydrogen-bond donors (Lipinski definition) is 5. The molecule has 0 bridgehead atoms. The number of hydrogen-bond acceptors (Lipinski definition) is 10. The molecule has 2 aliphatic rings. The van der Waals surface area contributed by atoms with Crippen molar-refractivity contribution in [2.24, 2.45) is 11.8 Å². The maximum absolute atomic E-state index is 13.9. The number of aromatic nitrogens is 1. The van der Waals surface area contributed by atoms with E-state index in [1.807, 2.05) is 41.3 Å². The molecule has 0 spiro atoms. The minimum Gasteiger partial charge on any atom is -0.506 e. The third kappa shape index (κ3) is 10.5. The van der Waals surface area contributed by atoms with Gasteiger partial charge in [0.05, 0.1) is 18.2 Å². The monoisotopic (exact) mass is 864 g/mol. The molecular formula is C52H56N4O8. The normalized spacial score (nSPS) is 16.6. The smallest absolute Gasteiger partial charge is 0.347 e. The van der Waals surface area contributed by atoms with Gasteiger partial charge in [-0.2, -0.15) is 0 Å². The van der Waals surface area contributed by atoms with Gasteiger partial charge in [-0.25, -0.2) is 4.79 Å². The van der Waals surface area contributed by atoms with Gasteiger partial charge in [0.2, 0.25) is 11.2 Å². The molecule has 12 nitrogen and oxygen atoms in total. The molecule has 8 rings (SSSR count). The summed E-state index contributed by atoms with van der Waals surface area (Å²) in [7, 11) is 0. The maximum atomic E-state index is 13.9. The molecule has 5 aromatic carbocycles. The van der Waals surface area contributed by atoms with E-state index in [1.54, 1.807) is 60.7 Å². The Kier molecular flexibility index (Phi) is 14.2. The lowest BCUT2D eigenvalue weighted by Crippen LogP contribution is -2.41. The first-order valence-electron chi connectivity index (χ1n) is 22.2. The van der Waals surface area contributed by atoms with Crippen molar-refractivity contribution in [3.05, 3.63) is 177 Å². The van der Waals surface area contributed by atoms with Gasteiger partial charge in [0, 0.05) is 48.8 Å². The molecule has 0 saturated carbocycles. The van der Waals surface area contributed by atoms with Crippen LogP contribution in [0.4, 0.5) is 0 Å². The number of fused-ring (bicyclic) bond motifs is 1. The summed E-state index contributed by atoms with van der Waals surface area (Å²) < 4.78 is 12.1. The number of phenolic OH excluding ortho intramolecular Hbond substituents is 1. The molecule has 2 saturated heterocycles. The van der Waals surface area contributed by atoms with E-state index >= 15 is 0 Å². The standard InChI is InChI=1S/C52H56N4O8/c57-46-19-17-44(45-18-20-48(59)54-49(45)46)47(58)32-53-31-36-23-27-56(28-24-36)50(60)40-12-7-11-39(29-40)35-63-43-16-8-15-42(30-43)52(62,41-13-5-2-6-14-41)51(61)64-34-38-21-25-55(26-22-38)33-37-9-3-1-4-10-37/h1-20,29-30,36,38,47,53,57-58,62H,21-28,31-35H2,(H,54,59)/t47-,52?/m0/s1. The minimum absolute atomic E-state index is 0.0490. The SMILES string of the molecule is O=C(c1cccc(COc2cccc(C(O)(C(=O)OCC3CCN(Cc4ccccc4)CC3)c3ccccc3)c2)c1)N1CCC(CNC[C@H](O)c2ccc(O)c3[nH]c(=O)ccc23)CC1. The minimum atomic E-state index is -2.06. The van der Waals surface area contributed by atoms with Gasteiger partial charge in [-0.15, -0.1) is 0 Å². The number of aliphatic hydroxyl groups is 2. The molecule has 0 radical (unpaired) electrons. The van der Waals surface area contributed by atoms with E-state index in [2.05, 4.69) is 39.5 Å². The van der Waals surface area contributed by atoms with Crippen LogP contribution >= 0.6 is 0 Å². The largest absolute Gasteiger partial charge is 0.506 e. The van der Waals surface area contributed by atoms with Crippen LogP contribution < -0.4 is 15.6 Å². The molecule has 6 aromatic rings. The fraction of sp³-hybridized carbons (Fsp3) is 0.327. The predicted molar refractivity (Wildman–Crippen MR) is 245 cm³/mol. The molecule has 1 amide bonds. The number of pyridine rings is 1. The number of aliphatic hydroxyl groups excluding tert-OH is 1. The van der Waals surface area contributed by atoms with Crippen LogP contribution in [0.25, 0.3) is 10.9 Å². The zero-order chi connectivity index (χ0) is 44.5. The Morgan fingerprint density at radius 3 is 2.22 bits per heavy atom. The van der Waals surface area contributed by atoms with Gasteiger partial charge in [-0.1, -0.05) is 91.0 Å². The van der Waals surface area contributed by atoms with Crippen molar-refractivity contribution in [1.29, 1.82) is 0 Å². The van der Waals surface area contributed by atoms with E-state index in [0.29, 0.717) is 71.0 Å². The lowest BCUT2D eigenvalue weighted by Gasteiger charge is -2.33. The molecule has 2 atom stereocenters. The van der Waals surface area contributed by atoms with Crippen LogP contribution in [0.2, 0.25) is 0 Å². The summed E-state index contributed by atoms with van der Waals surface area (Å²) in [5, 5.41) is 37.3. The van der Waals surface area contributed by atoms with Gasteiger partial charge in [-0.3, -0.25) is 14.5 Å². The Morgan fingerprint density at radius 1 is 0.766 bits per heavy atom. The zero-order valence-corrected chi connectivity index (χ0v) is 35.9. The highest BCUT2D eigenvalue weighted by molar-refractivity contribution is 5.94. The Labute approximate surface area is 373 Å². The average molecular weight is 865 g/mol. The van der Waals surface area contributed by atoms with Crippen LogP contribution in [0.1, 0.15) is 70.0 Å². The molecule has 2 aliphatic heterocycles. The van der Waals surface area contributed by atoms with E-state index in [4.69, 9.17) is 9.47 Å². The highest BCUT2D eigenvalue weighted by Crippen LogP contribution is 2.34. The Morgan fingerprint density at radius 2 is 1.45 bits per heavy atom. The number of carbonyl (C=O) groups excluding carboxylic acids is 2. The lowest BCUT2D eigenvalue weighted by molar-refractivity contribution is -0.164. The van der Waals surface area contributed by atoms with Crippen LogP contribution in [0, 0.1) is 11.8 Å². The first-order valence-corrected chi connectivity index (χ1v) is 22.2. The van der Waals surface area contributed by atoms with Gasteiger partial charge < -0.3 is 40.0 Å². The van der Waals surface area contributed by atoms with Gasteiger partial charge >= 0.3 is 5.97 Å². The number of benzene rings is 5. The molecule has 2 fully saturated rings. The number of piperidine rings is 2. The van der Waals surface area contributed by atoms with E-state index in [9.17, 15) is 29.7 Å². The third-order valence-corrected chi connectivity index (χ3v) is 12.7. The topological polar surface area (TPSA) is 165 Å². The van der Waals surface area contributed by atoms with Crippen molar-refractivity contribution in [3.8, 4) is 11.5 Å². The molecular weight excluding hydrogens is 809 g/mol. The summed E-state index contributed by atoms with van der Waals surface area (Å²) in [6.07, 6.45) is 2.59. The summed E-state index contributed by atoms with van der Waals surface area (Å²) in [5.74, 6) is 0.158. The molecule has 5 N–H and O–H groups in total. The van der Waals surface area contributed by atoms with Crippen LogP contribution in [0.3, 0.4) is 0 Å². The summed E-state index contributed by atoms with van der Waals surface area (Å²) >= 11 is 0. The van der Waals surface area contributed by atoms with Gasteiger partial charge in [0.25, 0.3) is 5.91 Å². The van der Waals surface area contributed by atoms with Crippen molar-refractivity contribution in [3.63, 3.8) is 0 Å². The van der Waals surface area contributed by atoms with Crippen molar-refractivity contribution >= 4 is 22.8 Å². The highest BCUT2D eigenvalue weighted by atomic mass is 16.5. The van der Waals surface area contributed by atoms with Crippen molar-refractivity contribution in [2.75, 3.05) is 45.9 Å². The van der Waals surface area contributed by atoms with Crippen LogP contribution in [0.15, 0.2) is 138 Å². The molecule has 3 heterocycles. The van der Waals surface area contributed by atoms with Gasteiger partial charge in [-0.05, 0) is 116 Å². The van der Waals surface area contributed by atoms with Crippen LogP contribution in [-0.4, -0.2) is 87.9 Å².